The fourth-order valence-corrected chi connectivity index (χ4v) is 3.00. The van der Waals surface area contributed by atoms with Gasteiger partial charge in [-0.2, -0.15) is 10.2 Å². The number of allylic oxidation sites excluding steroid dienone is 1. The zero-order chi connectivity index (χ0) is 15.5. The molecule has 0 bridgehead atoms. The van der Waals surface area contributed by atoms with Gasteiger partial charge in [-0.15, -0.1) is 0 Å². The van der Waals surface area contributed by atoms with E-state index in [4.69, 9.17) is 0 Å². The van der Waals surface area contributed by atoms with Crippen LogP contribution < -0.4 is 29.6 Å². The molecule has 0 radical (unpaired) electrons. The van der Waals surface area contributed by atoms with Gasteiger partial charge in [0.2, 0.25) is 0 Å². The van der Waals surface area contributed by atoms with Gasteiger partial charge in [0.1, 0.15) is 15.0 Å². The molecular formula is C14H16N3NaO3S. The second-order valence-corrected chi connectivity index (χ2v) is 6.51. The Morgan fingerprint density at radius 1 is 1.18 bits per heavy atom. The number of benzene rings is 1. The van der Waals surface area contributed by atoms with E-state index in [1.54, 1.807) is 20.2 Å². The van der Waals surface area contributed by atoms with E-state index < -0.39 is 15.0 Å². The third-order valence-corrected chi connectivity index (χ3v) is 4.88. The molecule has 22 heavy (non-hydrogen) atoms. The van der Waals surface area contributed by atoms with Crippen molar-refractivity contribution in [2.75, 3.05) is 14.1 Å². The first-order valence-corrected chi connectivity index (χ1v) is 7.75. The average molecular weight is 329 g/mol. The molecule has 0 aromatic heterocycles. The first kappa shape index (κ1) is 19.2. The van der Waals surface area contributed by atoms with Crippen LogP contribution in [0.5, 0.6) is 0 Å². The third kappa shape index (κ3) is 4.13. The van der Waals surface area contributed by atoms with E-state index in [0.717, 1.165) is 0 Å². The van der Waals surface area contributed by atoms with E-state index >= 15 is 0 Å². The van der Waals surface area contributed by atoms with Crippen LogP contribution in [-0.2, 0) is 10.1 Å². The Balaban J connectivity index is 0.00000242. The summed E-state index contributed by atoms with van der Waals surface area (Å²) in [7, 11) is -1.39. The number of nitrogens with zero attached hydrogens (tertiary/aromatic N) is 3. The molecule has 0 fully saturated rings. The fourth-order valence-electron chi connectivity index (χ4n) is 2.03. The summed E-state index contributed by atoms with van der Waals surface area (Å²) in [6.45, 7) is 0. The first-order valence-electron chi connectivity index (χ1n) is 6.34. The summed E-state index contributed by atoms with van der Waals surface area (Å²) in [4.78, 5) is -0.160. The summed E-state index contributed by atoms with van der Waals surface area (Å²) in [6, 6.07) is 9.19. The zero-order valence-electron chi connectivity index (χ0n) is 12.8. The largest absolute Gasteiger partial charge is 1.00 e. The minimum atomic E-state index is -4.51. The quantitative estimate of drug-likeness (QED) is 0.420. The molecule has 0 aliphatic heterocycles. The molecule has 8 heteroatoms. The number of hydrogen-bond donors (Lipinski definition) is 0. The minimum Gasteiger partial charge on any atom is -0.746 e. The van der Waals surface area contributed by atoms with Gasteiger partial charge < -0.3 is 4.55 Å². The zero-order valence-corrected chi connectivity index (χ0v) is 15.6. The fraction of sp³-hybridized carbons (Fsp3) is 0.286. The Bertz CT molecular complexity index is 699. The van der Waals surface area contributed by atoms with E-state index in [1.165, 1.54) is 17.1 Å². The standard InChI is InChI=1S/C14H17N3O3S.Na/c1-17(2)14(21(18,19)20)10-8-13(9-11-14)16-15-12-6-4-3-5-7-12;/h3-10H,11H2,1-2H3,(H,18,19,20);/q;+1/p-1. The second-order valence-electron chi connectivity index (χ2n) is 4.90. The smallest absolute Gasteiger partial charge is 0.746 e. The predicted molar refractivity (Wildman–Crippen MR) is 78.9 cm³/mol. The van der Waals surface area contributed by atoms with Crippen LogP contribution in [0, 0.1) is 0 Å². The SMILES string of the molecule is CN(C)C1(S(=O)(=O)[O-])C=CC(N=Nc2ccccc2)=CC1.[Na+]. The number of hydrogen-bond acceptors (Lipinski definition) is 6. The Morgan fingerprint density at radius 3 is 2.27 bits per heavy atom. The molecule has 1 aliphatic rings. The molecule has 0 heterocycles. The van der Waals surface area contributed by atoms with Crippen LogP contribution in [-0.4, -0.2) is 36.8 Å². The van der Waals surface area contributed by atoms with E-state index in [2.05, 4.69) is 10.2 Å². The maximum atomic E-state index is 11.5. The van der Waals surface area contributed by atoms with Gasteiger partial charge >= 0.3 is 29.6 Å². The van der Waals surface area contributed by atoms with Crippen molar-refractivity contribution in [3.8, 4) is 0 Å². The van der Waals surface area contributed by atoms with E-state index in [-0.39, 0.29) is 36.0 Å². The summed E-state index contributed by atoms with van der Waals surface area (Å²) in [5.41, 5.74) is 1.23. The normalized spacial score (nSPS) is 21.7. The molecule has 0 N–H and O–H groups in total. The summed E-state index contributed by atoms with van der Waals surface area (Å²) in [6.07, 6.45) is 4.52. The van der Waals surface area contributed by atoms with Crippen molar-refractivity contribution >= 4 is 15.8 Å². The number of likely N-dealkylation sites (N-methyl/N-ethyl adjacent to an activating group) is 1. The third-order valence-electron chi connectivity index (χ3n) is 3.35. The molecule has 2 rings (SSSR count). The molecule has 0 spiro atoms. The van der Waals surface area contributed by atoms with Gasteiger partial charge in [-0.3, -0.25) is 4.90 Å². The van der Waals surface area contributed by atoms with E-state index in [1.807, 2.05) is 30.3 Å². The van der Waals surface area contributed by atoms with E-state index in [9.17, 15) is 13.0 Å². The van der Waals surface area contributed by atoms with Crippen LogP contribution in [0.25, 0.3) is 0 Å². The molecule has 112 valence electrons. The molecule has 1 aliphatic carbocycles. The minimum absolute atomic E-state index is 0. The van der Waals surface area contributed by atoms with E-state index in [0.29, 0.717) is 11.4 Å². The number of rotatable bonds is 4. The van der Waals surface area contributed by atoms with Crippen molar-refractivity contribution in [3.63, 3.8) is 0 Å². The molecule has 1 atom stereocenters. The summed E-state index contributed by atoms with van der Waals surface area (Å²) >= 11 is 0. The maximum absolute atomic E-state index is 11.5. The monoisotopic (exact) mass is 329 g/mol. The maximum Gasteiger partial charge on any atom is 1.00 e. The number of azo groups is 1. The Kier molecular flexibility index (Phi) is 6.66. The van der Waals surface area contributed by atoms with Gasteiger partial charge in [-0.05, 0) is 38.4 Å². The van der Waals surface area contributed by atoms with Crippen molar-refractivity contribution in [1.29, 1.82) is 0 Å². The van der Waals surface area contributed by atoms with Crippen LogP contribution in [0.2, 0.25) is 0 Å². The van der Waals surface area contributed by atoms with Crippen LogP contribution >= 0.6 is 0 Å². The van der Waals surface area contributed by atoms with Crippen molar-refractivity contribution in [2.24, 2.45) is 10.2 Å². The summed E-state index contributed by atoms with van der Waals surface area (Å²) in [5.74, 6) is 0. The first-order chi connectivity index (χ1) is 9.85. The molecule has 1 aromatic rings. The Hall–Kier alpha value is -0.830. The van der Waals surface area contributed by atoms with Crippen LogP contribution in [0.3, 0.4) is 0 Å². The summed E-state index contributed by atoms with van der Waals surface area (Å²) in [5, 5.41) is 8.09. The molecule has 1 aromatic carbocycles. The molecule has 6 nitrogen and oxygen atoms in total. The second kappa shape index (κ2) is 7.63. The molecule has 0 saturated carbocycles. The van der Waals surface area contributed by atoms with Gasteiger partial charge in [0.05, 0.1) is 11.4 Å². The average Bonchev–Trinajstić information content (AvgIpc) is 2.45. The molecule has 1 unspecified atom stereocenters. The van der Waals surface area contributed by atoms with Gasteiger partial charge in [0.15, 0.2) is 0 Å². The van der Waals surface area contributed by atoms with Crippen molar-refractivity contribution in [2.45, 2.75) is 11.3 Å². The van der Waals surface area contributed by atoms with Crippen molar-refractivity contribution in [1.82, 2.24) is 4.90 Å². The van der Waals surface area contributed by atoms with Gasteiger partial charge in [-0.25, -0.2) is 8.42 Å². The molecule has 0 saturated heterocycles. The summed E-state index contributed by atoms with van der Waals surface area (Å²) < 4.78 is 34.5. The van der Waals surface area contributed by atoms with Crippen molar-refractivity contribution < 1.29 is 42.5 Å². The molecular weight excluding hydrogens is 313 g/mol. The Morgan fingerprint density at radius 2 is 1.82 bits per heavy atom. The van der Waals surface area contributed by atoms with Gasteiger partial charge in [0, 0.05) is 6.42 Å². The van der Waals surface area contributed by atoms with Crippen molar-refractivity contribution in [3.05, 3.63) is 54.3 Å². The van der Waals surface area contributed by atoms with Gasteiger partial charge in [0.25, 0.3) is 0 Å². The molecule has 0 amide bonds. The van der Waals surface area contributed by atoms with Crippen LogP contribution in [0.4, 0.5) is 5.69 Å². The van der Waals surface area contributed by atoms with Crippen LogP contribution in [0.1, 0.15) is 6.42 Å². The topological polar surface area (TPSA) is 85.2 Å². The predicted octanol–water partition coefficient (Wildman–Crippen LogP) is -0.579. The van der Waals surface area contributed by atoms with Gasteiger partial charge in [-0.1, -0.05) is 24.3 Å². The van der Waals surface area contributed by atoms with Crippen LogP contribution in [0.15, 0.2) is 64.5 Å². The Labute approximate surface area is 152 Å².